The Bertz CT molecular complexity index is 917. The quantitative estimate of drug-likeness (QED) is 0.659. The van der Waals surface area contributed by atoms with Gasteiger partial charge >= 0.3 is 0 Å². The lowest BCUT2D eigenvalue weighted by Gasteiger charge is -2.12. The van der Waals surface area contributed by atoms with Crippen LogP contribution in [0.25, 0.3) is 11.1 Å². The third kappa shape index (κ3) is 3.35. The Morgan fingerprint density at radius 1 is 1.12 bits per heavy atom. The van der Waals surface area contributed by atoms with E-state index < -0.39 is 0 Å². The zero-order valence-electron chi connectivity index (χ0n) is 13.7. The van der Waals surface area contributed by atoms with Crippen molar-refractivity contribution in [1.82, 2.24) is 4.98 Å². The van der Waals surface area contributed by atoms with Crippen LogP contribution in [0, 0.1) is 20.8 Å². The minimum Gasteiger partial charge on any atom is -0.321 e. The molecule has 0 atom stereocenters. The van der Waals surface area contributed by atoms with Crippen LogP contribution in [0.1, 0.15) is 25.9 Å². The van der Waals surface area contributed by atoms with Crippen molar-refractivity contribution >= 4 is 34.5 Å². The number of anilines is 1. The van der Waals surface area contributed by atoms with Gasteiger partial charge in [0.1, 0.15) is 4.88 Å². The van der Waals surface area contributed by atoms with Gasteiger partial charge in [-0.1, -0.05) is 41.9 Å². The summed E-state index contributed by atoms with van der Waals surface area (Å²) < 4.78 is 0. The molecule has 5 heteroatoms. The monoisotopic (exact) mass is 356 g/mol. The summed E-state index contributed by atoms with van der Waals surface area (Å²) in [4.78, 5) is 17.5. The predicted molar refractivity (Wildman–Crippen MR) is 101 cm³/mol. The number of aromatic nitrogens is 1. The zero-order chi connectivity index (χ0) is 17.3. The van der Waals surface area contributed by atoms with Crippen molar-refractivity contribution in [2.45, 2.75) is 20.8 Å². The Labute approximate surface area is 150 Å². The normalized spacial score (nSPS) is 10.7. The number of hydrogen-bond donors (Lipinski definition) is 1. The van der Waals surface area contributed by atoms with Crippen LogP contribution in [0.3, 0.4) is 0 Å². The Kier molecular flexibility index (Phi) is 4.69. The van der Waals surface area contributed by atoms with Crippen molar-refractivity contribution in [1.29, 1.82) is 0 Å². The highest BCUT2D eigenvalue weighted by Crippen LogP contribution is 2.31. The van der Waals surface area contributed by atoms with Gasteiger partial charge in [0.05, 0.1) is 10.7 Å². The van der Waals surface area contributed by atoms with Crippen LogP contribution >= 0.6 is 22.9 Å². The second kappa shape index (κ2) is 6.75. The van der Waals surface area contributed by atoms with Gasteiger partial charge in [-0.05, 0) is 44.0 Å². The molecule has 1 N–H and O–H groups in total. The number of amides is 1. The second-order valence-electron chi connectivity index (χ2n) is 5.61. The number of carbonyl (C=O) groups excluding carboxylic acids is 1. The number of carbonyl (C=O) groups is 1. The Morgan fingerprint density at radius 3 is 2.54 bits per heavy atom. The molecule has 1 amide bonds. The highest BCUT2D eigenvalue weighted by atomic mass is 35.5. The summed E-state index contributed by atoms with van der Waals surface area (Å²) in [5.74, 6) is -0.135. The molecule has 3 rings (SSSR count). The second-order valence-corrected chi connectivity index (χ2v) is 7.22. The molecule has 24 heavy (non-hydrogen) atoms. The largest absolute Gasteiger partial charge is 0.321 e. The van der Waals surface area contributed by atoms with E-state index >= 15 is 0 Å². The van der Waals surface area contributed by atoms with Crippen LogP contribution in [0.15, 0.2) is 42.5 Å². The van der Waals surface area contributed by atoms with Gasteiger partial charge in [0.15, 0.2) is 0 Å². The van der Waals surface area contributed by atoms with E-state index in [2.05, 4.69) is 10.3 Å². The molecule has 0 spiro atoms. The molecule has 1 heterocycles. The van der Waals surface area contributed by atoms with Crippen LogP contribution in [0.4, 0.5) is 5.69 Å². The van der Waals surface area contributed by atoms with E-state index in [-0.39, 0.29) is 5.91 Å². The molecule has 0 aliphatic carbocycles. The Hall–Kier alpha value is -2.17. The lowest BCUT2D eigenvalue weighted by atomic mass is 10.0. The summed E-state index contributed by atoms with van der Waals surface area (Å²) in [5, 5.41) is 4.60. The van der Waals surface area contributed by atoms with E-state index in [0.717, 1.165) is 33.1 Å². The molecule has 0 aliphatic rings. The number of benzene rings is 2. The van der Waals surface area contributed by atoms with Gasteiger partial charge in [-0.2, -0.15) is 0 Å². The molecule has 0 bridgehead atoms. The fourth-order valence-corrected chi connectivity index (χ4v) is 3.52. The summed E-state index contributed by atoms with van der Waals surface area (Å²) in [6.07, 6.45) is 0. The van der Waals surface area contributed by atoms with Gasteiger partial charge in [0.25, 0.3) is 5.91 Å². The minimum atomic E-state index is -0.135. The highest BCUT2D eigenvalue weighted by Gasteiger charge is 2.16. The van der Waals surface area contributed by atoms with Crippen LogP contribution < -0.4 is 5.32 Å². The van der Waals surface area contributed by atoms with Crippen molar-refractivity contribution in [3.63, 3.8) is 0 Å². The van der Waals surface area contributed by atoms with Gasteiger partial charge in [0, 0.05) is 16.3 Å². The maximum atomic E-state index is 12.6. The van der Waals surface area contributed by atoms with Crippen LogP contribution in [-0.2, 0) is 0 Å². The molecule has 0 saturated heterocycles. The zero-order valence-corrected chi connectivity index (χ0v) is 15.3. The molecule has 0 radical (unpaired) electrons. The highest BCUT2D eigenvalue weighted by molar-refractivity contribution is 7.13. The Morgan fingerprint density at radius 2 is 1.88 bits per heavy atom. The lowest BCUT2D eigenvalue weighted by Crippen LogP contribution is -2.12. The molecule has 0 aliphatic heterocycles. The maximum Gasteiger partial charge on any atom is 0.267 e. The van der Waals surface area contributed by atoms with Gasteiger partial charge in [-0.15, -0.1) is 11.3 Å². The van der Waals surface area contributed by atoms with E-state index in [4.69, 9.17) is 11.6 Å². The van der Waals surface area contributed by atoms with Gasteiger partial charge < -0.3 is 5.32 Å². The third-order valence-electron chi connectivity index (χ3n) is 3.77. The number of aryl methyl sites for hydroxylation is 3. The summed E-state index contributed by atoms with van der Waals surface area (Å²) in [6, 6.07) is 13.6. The molecule has 2 aromatic carbocycles. The first-order valence-corrected chi connectivity index (χ1v) is 8.76. The summed E-state index contributed by atoms with van der Waals surface area (Å²) in [6.45, 7) is 5.72. The van der Waals surface area contributed by atoms with Crippen LogP contribution in [0.5, 0.6) is 0 Å². The van der Waals surface area contributed by atoms with Crippen molar-refractivity contribution < 1.29 is 4.79 Å². The lowest BCUT2D eigenvalue weighted by molar-refractivity contribution is 0.103. The molecule has 0 fully saturated rings. The minimum absolute atomic E-state index is 0.135. The number of halogens is 1. The van der Waals surface area contributed by atoms with E-state index in [0.29, 0.717) is 9.90 Å². The van der Waals surface area contributed by atoms with E-state index in [1.807, 2.05) is 63.2 Å². The number of rotatable bonds is 3. The van der Waals surface area contributed by atoms with Gasteiger partial charge in [-0.25, -0.2) is 4.98 Å². The van der Waals surface area contributed by atoms with E-state index in [1.54, 1.807) is 0 Å². The molecular weight excluding hydrogens is 340 g/mol. The maximum absolute atomic E-state index is 12.6. The van der Waals surface area contributed by atoms with E-state index in [9.17, 15) is 4.79 Å². The first-order valence-electron chi connectivity index (χ1n) is 7.56. The molecule has 122 valence electrons. The number of nitrogens with one attached hydrogen (secondary N) is 1. The van der Waals surface area contributed by atoms with Crippen LogP contribution in [0.2, 0.25) is 5.02 Å². The fourth-order valence-electron chi connectivity index (χ4n) is 2.53. The standard InChI is InChI=1S/C19H17ClN2OS/c1-11-8-9-14(10-16(11)20)15-6-4-5-7-17(15)22-19(23)18-12(2)21-13(3)24-18/h4-10H,1-3H3,(H,22,23). The average molecular weight is 357 g/mol. The number of hydrogen-bond acceptors (Lipinski definition) is 3. The van der Waals surface area contributed by atoms with Gasteiger partial charge in [-0.3, -0.25) is 4.79 Å². The fraction of sp³-hybridized carbons (Fsp3) is 0.158. The molecular formula is C19H17ClN2OS. The summed E-state index contributed by atoms with van der Waals surface area (Å²) >= 11 is 7.65. The number of thiazole rings is 1. The topological polar surface area (TPSA) is 42.0 Å². The molecule has 1 aromatic heterocycles. The molecule has 3 aromatic rings. The molecule has 3 nitrogen and oxygen atoms in total. The Balaban J connectivity index is 1.96. The molecule has 0 unspecified atom stereocenters. The van der Waals surface area contributed by atoms with Crippen molar-refractivity contribution in [3.05, 3.63) is 68.6 Å². The molecule has 0 saturated carbocycles. The van der Waals surface area contributed by atoms with Gasteiger partial charge in [0.2, 0.25) is 0 Å². The summed E-state index contributed by atoms with van der Waals surface area (Å²) in [7, 11) is 0. The predicted octanol–water partition coefficient (Wildman–Crippen LogP) is 5.64. The third-order valence-corrected chi connectivity index (χ3v) is 5.25. The number of nitrogens with zero attached hydrogens (tertiary/aromatic N) is 1. The first kappa shape index (κ1) is 16.7. The van der Waals surface area contributed by atoms with Crippen molar-refractivity contribution in [3.8, 4) is 11.1 Å². The summed E-state index contributed by atoms with van der Waals surface area (Å²) in [5.41, 5.74) is 4.45. The smallest absolute Gasteiger partial charge is 0.267 e. The van der Waals surface area contributed by atoms with Crippen molar-refractivity contribution in [2.75, 3.05) is 5.32 Å². The number of para-hydroxylation sites is 1. The van der Waals surface area contributed by atoms with E-state index in [1.165, 1.54) is 11.3 Å². The van der Waals surface area contributed by atoms with Crippen molar-refractivity contribution in [2.24, 2.45) is 0 Å². The SMILES string of the molecule is Cc1nc(C)c(C(=O)Nc2ccccc2-c2ccc(C)c(Cl)c2)s1. The van der Waals surface area contributed by atoms with Crippen LogP contribution in [-0.4, -0.2) is 10.9 Å². The first-order chi connectivity index (χ1) is 11.5. The average Bonchev–Trinajstić information content (AvgIpc) is 2.89.